The number of rotatable bonds is 0. The number of fused-ring (bicyclic) bond motifs is 1. The quantitative estimate of drug-likeness (QED) is 0.762. The molecule has 3 rings (SSSR count). The first-order chi connectivity index (χ1) is 9.09. The van der Waals surface area contributed by atoms with Crippen LogP contribution in [0.1, 0.15) is 24.8 Å². The molecule has 2 aliphatic heterocycles. The molecule has 1 unspecified atom stereocenters. The van der Waals surface area contributed by atoms with Crippen molar-refractivity contribution in [3.05, 3.63) is 22.3 Å². The first-order valence-corrected chi connectivity index (χ1v) is 7.11. The van der Waals surface area contributed by atoms with Crippen LogP contribution in [-0.2, 0) is 16.0 Å². The number of hydrogen-bond donors (Lipinski definition) is 2. The molecule has 0 bridgehead atoms. The van der Waals surface area contributed by atoms with Crippen LogP contribution in [0.5, 0.6) is 0 Å². The Bertz CT molecular complexity index is 561. The highest BCUT2D eigenvalue weighted by molar-refractivity contribution is 9.10. The van der Waals surface area contributed by atoms with Crippen LogP contribution in [-0.4, -0.2) is 23.3 Å². The van der Waals surface area contributed by atoms with Crippen LogP contribution in [0, 0.1) is 5.41 Å². The van der Waals surface area contributed by atoms with Crippen molar-refractivity contribution >= 4 is 33.6 Å². The Morgan fingerprint density at radius 1 is 1.32 bits per heavy atom. The fourth-order valence-electron chi connectivity index (χ4n) is 2.82. The van der Waals surface area contributed by atoms with Crippen molar-refractivity contribution in [3.63, 3.8) is 0 Å². The average Bonchev–Trinajstić information content (AvgIpc) is 2.55. The largest absolute Gasteiger partial charge is 0.356 e. The molecule has 0 aromatic carbocycles. The van der Waals surface area contributed by atoms with Gasteiger partial charge in [-0.3, -0.25) is 9.59 Å². The lowest BCUT2D eigenvalue weighted by Gasteiger charge is -2.35. The molecule has 1 saturated heterocycles. The average molecular weight is 324 g/mol. The summed E-state index contributed by atoms with van der Waals surface area (Å²) in [7, 11) is 0. The number of nitrogens with zero attached hydrogens (tertiary/aromatic N) is 1. The summed E-state index contributed by atoms with van der Waals surface area (Å²) in [6.07, 6.45) is 4.00. The number of amides is 2. The SMILES string of the molecule is O=C1CCC2(CCN1)Cc1cc(Br)cnc1NC2=O. The second kappa shape index (κ2) is 4.59. The van der Waals surface area contributed by atoms with E-state index in [2.05, 4.69) is 31.5 Å². The summed E-state index contributed by atoms with van der Waals surface area (Å²) < 4.78 is 0.903. The summed E-state index contributed by atoms with van der Waals surface area (Å²) >= 11 is 3.40. The molecule has 0 aliphatic carbocycles. The Labute approximate surface area is 119 Å². The fourth-order valence-corrected chi connectivity index (χ4v) is 3.20. The highest BCUT2D eigenvalue weighted by Gasteiger charge is 2.43. The number of aromatic nitrogens is 1. The summed E-state index contributed by atoms with van der Waals surface area (Å²) in [4.78, 5) is 28.1. The van der Waals surface area contributed by atoms with Gasteiger partial charge >= 0.3 is 0 Å². The van der Waals surface area contributed by atoms with Gasteiger partial charge in [0, 0.05) is 23.6 Å². The fraction of sp³-hybridized carbons (Fsp3) is 0.462. The number of carbonyl (C=O) groups excluding carboxylic acids is 2. The smallest absolute Gasteiger partial charge is 0.232 e. The third-order valence-electron chi connectivity index (χ3n) is 3.93. The van der Waals surface area contributed by atoms with Gasteiger partial charge in [-0.2, -0.15) is 0 Å². The Kier molecular flexibility index (Phi) is 3.05. The van der Waals surface area contributed by atoms with Gasteiger partial charge in [0.2, 0.25) is 11.8 Å². The van der Waals surface area contributed by atoms with E-state index in [0.29, 0.717) is 38.0 Å². The maximum atomic E-state index is 12.4. The molecule has 1 atom stereocenters. The Morgan fingerprint density at radius 2 is 2.16 bits per heavy atom. The van der Waals surface area contributed by atoms with Crippen molar-refractivity contribution in [2.45, 2.75) is 25.7 Å². The number of anilines is 1. The summed E-state index contributed by atoms with van der Waals surface area (Å²) in [5.41, 5.74) is 0.553. The molecule has 1 aromatic rings. The lowest BCUT2D eigenvalue weighted by molar-refractivity contribution is -0.127. The van der Waals surface area contributed by atoms with Gasteiger partial charge in [0.1, 0.15) is 5.82 Å². The molecule has 2 aliphatic rings. The van der Waals surface area contributed by atoms with E-state index in [1.807, 2.05) is 6.07 Å². The predicted octanol–water partition coefficient (Wildman–Crippen LogP) is 1.63. The van der Waals surface area contributed by atoms with Crippen LogP contribution in [0.15, 0.2) is 16.7 Å². The zero-order valence-corrected chi connectivity index (χ0v) is 11.9. The molecule has 100 valence electrons. The molecule has 19 heavy (non-hydrogen) atoms. The van der Waals surface area contributed by atoms with E-state index in [0.717, 1.165) is 10.0 Å². The van der Waals surface area contributed by atoms with E-state index in [9.17, 15) is 9.59 Å². The zero-order valence-electron chi connectivity index (χ0n) is 10.3. The Hall–Kier alpha value is -1.43. The van der Waals surface area contributed by atoms with Crippen molar-refractivity contribution in [2.75, 3.05) is 11.9 Å². The number of nitrogens with one attached hydrogen (secondary N) is 2. The van der Waals surface area contributed by atoms with Gasteiger partial charge < -0.3 is 10.6 Å². The minimum absolute atomic E-state index is 0.00803. The molecular weight excluding hydrogens is 310 g/mol. The Balaban J connectivity index is 1.95. The van der Waals surface area contributed by atoms with Gasteiger partial charge in [-0.25, -0.2) is 4.98 Å². The van der Waals surface area contributed by atoms with Crippen molar-refractivity contribution in [1.82, 2.24) is 10.3 Å². The van der Waals surface area contributed by atoms with Gasteiger partial charge in [0.05, 0.1) is 5.41 Å². The summed E-state index contributed by atoms with van der Waals surface area (Å²) in [5.74, 6) is 0.663. The number of hydrogen-bond acceptors (Lipinski definition) is 3. The molecule has 1 aromatic heterocycles. The van der Waals surface area contributed by atoms with E-state index >= 15 is 0 Å². The summed E-state index contributed by atoms with van der Waals surface area (Å²) in [6.45, 7) is 0.559. The van der Waals surface area contributed by atoms with Crippen LogP contribution in [0.3, 0.4) is 0 Å². The van der Waals surface area contributed by atoms with Crippen molar-refractivity contribution in [1.29, 1.82) is 0 Å². The highest BCUT2D eigenvalue weighted by Crippen LogP contribution is 2.40. The normalized spacial score (nSPS) is 26.4. The second-order valence-corrected chi connectivity index (χ2v) is 6.09. The molecular formula is C13H14BrN3O2. The molecule has 1 fully saturated rings. The van der Waals surface area contributed by atoms with E-state index in [-0.39, 0.29) is 11.8 Å². The zero-order chi connectivity index (χ0) is 13.5. The standard InChI is InChI=1S/C13H14BrN3O2/c14-9-5-8-6-13(2-1-10(18)15-4-3-13)12(19)17-11(8)16-7-9/h5,7H,1-4,6H2,(H,15,18)(H,16,17,19). The van der Waals surface area contributed by atoms with Crippen LogP contribution in [0.4, 0.5) is 5.82 Å². The van der Waals surface area contributed by atoms with Gasteiger partial charge in [0.25, 0.3) is 0 Å². The van der Waals surface area contributed by atoms with Crippen LogP contribution >= 0.6 is 15.9 Å². The lowest BCUT2D eigenvalue weighted by atomic mass is 9.73. The van der Waals surface area contributed by atoms with Gasteiger partial charge in [-0.05, 0) is 46.8 Å². The molecule has 2 amide bonds. The van der Waals surface area contributed by atoms with Gasteiger partial charge in [-0.15, -0.1) is 0 Å². The number of pyridine rings is 1. The third-order valence-corrected chi connectivity index (χ3v) is 4.37. The summed E-state index contributed by atoms with van der Waals surface area (Å²) in [6, 6.07) is 1.99. The minimum atomic E-state index is -0.478. The van der Waals surface area contributed by atoms with E-state index in [1.165, 1.54) is 0 Å². The molecule has 3 heterocycles. The molecule has 0 radical (unpaired) electrons. The van der Waals surface area contributed by atoms with Crippen LogP contribution in [0.25, 0.3) is 0 Å². The maximum Gasteiger partial charge on any atom is 0.232 e. The van der Waals surface area contributed by atoms with Gasteiger partial charge in [-0.1, -0.05) is 0 Å². The predicted molar refractivity (Wildman–Crippen MR) is 73.6 cm³/mol. The monoisotopic (exact) mass is 323 g/mol. The topological polar surface area (TPSA) is 71.1 Å². The highest BCUT2D eigenvalue weighted by atomic mass is 79.9. The molecule has 1 spiro atoms. The van der Waals surface area contributed by atoms with E-state index in [4.69, 9.17) is 0 Å². The minimum Gasteiger partial charge on any atom is -0.356 e. The van der Waals surface area contributed by atoms with Crippen LogP contribution < -0.4 is 10.6 Å². The van der Waals surface area contributed by atoms with Crippen molar-refractivity contribution in [2.24, 2.45) is 5.41 Å². The summed E-state index contributed by atoms with van der Waals surface area (Å²) in [5, 5.41) is 5.71. The second-order valence-electron chi connectivity index (χ2n) is 5.17. The van der Waals surface area contributed by atoms with E-state index < -0.39 is 5.41 Å². The maximum absolute atomic E-state index is 12.4. The number of carbonyl (C=O) groups is 2. The molecule has 0 saturated carbocycles. The first-order valence-electron chi connectivity index (χ1n) is 6.32. The van der Waals surface area contributed by atoms with Crippen molar-refractivity contribution < 1.29 is 9.59 Å². The first kappa shape index (κ1) is 12.6. The van der Waals surface area contributed by atoms with Gasteiger partial charge in [0.15, 0.2) is 0 Å². The van der Waals surface area contributed by atoms with Crippen molar-refractivity contribution in [3.8, 4) is 0 Å². The molecule has 6 heteroatoms. The lowest BCUT2D eigenvalue weighted by Crippen LogP contribution is -2.42. The molecule has 5 nitrogen and oxygen atoms in total. The van der Waals surface area contributed by atoms with E-state index in [1.54, 1.807) is 6.20 Å². The molecule has 2 N–H and O–H groups in total. The third kappa shape index (κ3) is 2.25. The van der Waals surface area contributed by atoms with Crippen LogP contribution in [0.2, 0.25) is 0 Å². The number of halogens is 1. The Morgan fingerprint density at radius 3 is 3.00 bits per heavy atom.